The molecule has 1 spiro atoms. The molecular weight excluding hydrogens is 242 g/mol. The van der Waals surface area contributed by atoms with E-state index in [4.69, 9.17) is 9.47 Å². The number of guanidine groups is 1. The quantitative estimate of drug-likeness (QED) is 0.790. The van der Waals surface area contributed by atoms with Crippen LogP contribution in [0.15, 0.2) is 4.99 Å². The van der Waals surface area contributed by atoms with Crippen molar-refractivity contribution in [2.75, 3.05) is 19.7 Å². The Morgan fingerprint density at radius 3 is 2.84 bits per heavy atom. The van der Waals surface area contributed by atoms with E-state index in [1.165, 1.54) is 12.8 Å². The SMILES string of the molecule is CC1CCC2(CC1)OCC(CNC1=NCC(C)N1)O2. The summed E-state index contributed by atoms with van der Waals surface area (Å²) in [5.74, 6) is 1.43. The van der Waals surface area contributed by atoms with Gasteiger partial charge < -0.3 is 20.1 Å². The molecule has 2 atom stereocenters. The van der Waals surface area contributed by atoms with Crippen molar-refractivity contribution in [2.24, 2.45) is 10.9 Å². The van der Waals surface area contributed by atoms with Gasteiger partial charge in [0.15, 0.2) is 11.7 Å². The highest BCUT2D eigenvalue weighted by atomic mass is 16.7. The van der Waals surface area contributed by atoms with Crippen LogP contribution in [0.4, 0.5) is 0 Å². The smallest absolute Gasteiger partial charge is 0.191 e. The Bertz CT molecular complexity index is 351. The summed E-state index contributed by atoms with van der Waals surface area (Å²) in [6.07, 6.45) is 4.66. The highest BCUT2D eigenvalue weighted by Crippen LogP contribution is 2.39. The van der Waals surface area contributed by atoms with Gasteiger partial charge in [-0.05, 0) is 25.7 Å². The summed E-state index contributed by atoms with van der Waals surface area (Å²) in [6.45, 7) is 6.77. The fourth-order valence-corrected chi connectivity index (χ4v) is 3.05. The van der Waals surface area contributed by atoms with Crippen LogP contribution in [0, 0.1) is 5.92 Å². The minimum absolute atomic E-state index is 0.147. The Morgan fingerprint density at radius 2 is 2.16 bits per heavy atom. The van der Waals surface area contributed by atoms with Crippen LogP contribution in [0.25, 0.3) is 0 Å². The zero-order valence-electron chi connectivity index (χ0n) is 11.9. The van der Waals surface area contributed by atoms with Crippen LogP contribution in [0.2, 0.25) is 0 Å². The predicted molar refractivity (Wildman–Crippen MR) is 74.1 cm³/mol. The van der Waals surface area contributed by atoms with E-state index >= 15 is 0 Å². The third kappa shape index (κ3) is 3.03. The summed E-state index contributed by atoms with van der Waals surface area (Å²) in [5, 5.41) is 6.62. The van der Waals surface area contributed by atoms with Crippen LogP contribution < -0.4 is 10.6 Å². The number of nitrogens with one attached hydrogen (secondary N) is 2. The molecule has 0 bridgehead atoms. The van der Waals surface area contributed by atoms with Crippen molar-refractivity contribution in [3.8, 4) is 0 Å². The fourth-order valence-electron chi connectivity index (χ4n) is 3.05. The van der Waals surface area contributed by atoms with Crippen molar-refractivity contribution in [1.82, 2.24) is 10.6 Å². The van der Waals surface area contributed by atoms with Gasteiger partial charge in [0.05, 0.1) is 13.2 Å². The first-order chi connectivity index (χ1) is 9.15. The van der Waals surface area contributed by atoms with Crippen LogP contribution in [-0.4, -0.2) is 43.6 Å². The Labute approximate surface area is 115 Å². The lowest BCUT2D eigenvalue weighted by atomic mass is 9.86. The van der Waals surface area contributed by atoms with Gasteiger partial charge in [-0.2, -0.15) is 0 Å². The highest BCUT2D eigenvalue weighted by Gasteiger charge is 2.43. The Balaban J connectivity index is 1.44. The second kappa shape index (κ2) is 5.29. The maximum atomic E-state index is 6.16. The maximum absolute atomic E-state index is 6.16. The third-order valence-electron chi connectivity index (χ3n) is 4.35. The summed E-state index contributed by atoms with van der Waals surface area (Å²) >= 11 is 0. The fraction of sp³-hybridized carbons (Fsp3) is 0.929. The van der Waals surface area contributed by atoms with E-state index in [9.17, 15) is 0 Å². The Morgan fingerprint density at radius 1 is 1.37 bits per heavy atom. The van der Waals surface area contributed by atoms with E-state index in [1.54, 1.807) is 0 Å². The van der Waals surface area contributed by atoms with Crippen LogP contribution in [0.5, 0.6) is 0 Å². The first kappa shape index (κ1) is 13.2. The largest absolute Gasteiger partial charge is 0.354 e. The van der Waals surface area contributed by atoms with Crippen molar-refractivity contribution < 1.29 is 9.47 Å². The summed E-state index contributed by atoms with van der Waals surface area (Å²) in [7, 11) is 0. The average molecular weight is 267 g/mol. The predicted octanol–water partition coefficient (Wildman–Crippen LogP) is 1.25. The summed E-state index contributed by atoms with van der Waals surface area (Å²) in [4.78, 5) is 4.39. The molecule has 0 amide bonds. The Kier molecular flexibility index (Phi) is 3.67. The summed E-state index contributed by atoms with van der Waals surface area (Å²) in [5.41, 5.74) is 0. The number of nitrogens with zero attached hydrogens (tertiary/aromatic N) is 1. The van der Waals surface area contributed by atoms with Crippen molar-refractivity contribution in [2.45, 2.75) is 57.5 Å². The molecular formula is C14H25N3O2. The van der Waals surface area contributed by atoms with Gasteiger partial charge in [0.1, 0.15) is 6.10 Å². The molecule has 0 aromatic heterocycles. The van der Waals surface area contributed by atoms with Gasteiger partial charge in [-0.1, -0.05) is 6.92 Å². The molecule has 5 heteroatoms. The van der Waals surface area contributed by atoms with Gasteiger partial charge >= 0.3 is 0 Å². The zero-order valence-corrected chi connectivity index (χ0v) is 11.9. The molecule has 1 aliphatic carbocycles. The molecule has 108 valence electrons. The van der Waals surface area contributed by atoms with E-state index in [0.717, 1.165) is 37.8 Å². The summed E-state index contributed by atoms with van der Waals surface area (Å²) in [6, 6.07) is 0.439. The number of hydrogen-bond donors (Lipinski definition) is 2. The van der Waals surface area contributed by atoms with Crippen LogP contribution in [0.1, 0.15) is 39.5 Å². The lowest BCUT2D eigenvalue weighted by molar-refractivity contribution is -0.191. The highest BCUT2D eigenvalue weighted by molar-refractivity contribution is 5.81. The van der Waals surface area contributed by atoms with Gasteiger partial charge in [0, 0.05) is 25.4 Å². The molecule has 2 fully saturated rings. The van der Waals surface area contributed by atoms with Crippen LogP contribution >= 0.6 is 0 Å². The van der Waals surface area contributed by atoms with Gasteiger partial charge in [-0.3, -0.25) is 4.99 Å². The molecule has 0 radical (unpaired) electrons. The molecule has 3 rings (SSSR count). The molecule has 2 N–H and O–H groups in total. The molecule has 19 heavy (non-hydrogen) atoms. The van der Waals surface area contributed by atoms with Crippen LogP contribution in [-0.2, 0) is 9.47 Å². The van der Waals surface area contributed by atoms with E-state index in [2.05, 4.69) is 29.5 Å². The topological polar surface area (TPSA) is 54.9 Å². The molecule has 0 aromatic rings. The van der Waals surface area contributed by atoms with E-state index < -0.39 is 0 Å². The second-order valence-electron chi connectivity index (χ2n) is 6.26. The van der Waals surface area contributed by atoms with Crippen molar-refractivity contribution >= 4 is 5.96 Å². The number of ether oxygens (including phenoxy) is 2. The molecule has 2 heterocycles. The third-order valence-corrected chi connectivity index (χ3v) is 4.35. The number of hydrogen-bond acceptors (Lipinski definition) is 5. The molecule has 2 unspecified atom stereocenters. The van der Waals surface area contributed by atoms with E-state index in [0.29, 0.717) is 12.6 Å². The van der Waals surface area contributed by atoms with Crippen molar-refractivity contribution in [3.05, 3.63) is 0 Å². The van der Waals surface area contributed by atoms with E-state index in [-0.39, 0.29) is 11.9 Å². The minimum atomic E-state index is -0.281. The average Bonchev–Trinajstić information content (AvgIpc) is 2.99. The Hall–Kier alpha value is -0.810. The van der Waals surface area contributed by atoms with Gasteiger partial charge in [0.2, 0.25) is 0 Å². The normalized spacial score (nSPS) is 42.2. The maximum Gasteiger partial charge on any atom is 0.191 e. The molecule has 0 aromatic carbocycles. The lowest BCUT2D eigenvalue weighted by Gasteiger charge is -2.34. The molecule has 5 nitrogen and oxygen atoms in total. The van der Waals surface area contributed by atoms with Crippen LogP contribution in [0.3, 0.4) is 0 Å². The monoisotopic (exact) mass is 267 g/mol. The standard InChI is InChI=1S/C14H25N3O2/c1-10-3-5-14(6-4-10)18-9-12(19-14)8-16-13-15-7-11(2)17-13/h10-12H,3-9H2,1-2H3,(H2,15,16,17). The number of rotatable bonds is 2. The summed E-state index contributed by atoms with van der Waals surface area (Å²) < 4.78 is 12.1. The van der Waals surface area contributed by atoms with Gasteiger partial charge in [-0.25, -0.2) is 0 Å². The first-order valence-corrected chi connectivity index (χ1v) is 7.52. The molecule has 2 aliphatic heterocycles. The molecule has 1 saturated carbocycles. The van der Waals surface area contributed by atoms with Crippen molar-refractivity contribution in [1.29, 1.82) is 0 Å². The first-order valence-electron chi connectivity index (χ1n) is 7.52. The minimum Gasteiger partial charge on any atom is -0.354 e. The van der Waals surface area contributed by atoms with Crippen molar-refractivity contribution in [3.63, 3.8) is 0 Å². The molecule has 3 aliphatic rings. The number of aliphatic imine (C=N–C) groups is 1. The second-order valence-corrected chi connectivity index (χ2v) is 6.26. The zero-order chi connectivity index (χ0) is 13.3. The molecule has 1 saturated heterocycles. The van der Waals surface area contributed by atoms with Gasteiger partial charge in [0.25, 0.3) is 0 Å². The lowest BCUT2D eigenvalue weighted by Crippen LogP contribution is -2.42. The van der Waals surface area contributed by atoms with Gasteiger partial charge in [-0.15, -0.1) is 0 Å². The van der Waals surface area contributed by atoms with E-state index in [1.807, 2.05) is 0 Å².